The fraction of sp³-hybridized carbons (Fsp3) is 0.231. The number of amides is 1. The van der Waals surface area contributed by atoms with Crippen LogP contribution in [0.3, 0.4) is 0 Å². The third kappa shape index (κ3) is 5.68. The molecule has 0 radical (unpaired) electrons. The number of thioether (sulfide) groups is 1. The lowest BCUT2D eigenvalue weighted by atomic mass is 9.98. The number of alkyl carbamates (subject to hydrolysis) is 1. The zero-order chi connectivity index (χ0) is 23.4. The Bertz CT molecular complexity index is 1270. The van der Waals surface area contributed by atoms with Gasteiger partial charge in [0.05, 0.1) is 5.69 Å². The highest BCUT2D eigenvalue weighted by Gasteiger charge is 2.16. The fourth-order valence-electron chi connectivity index (χ4n) is 3.37. The first kappa shape index (κ1) is 22.7. The average molecular weight is 459 g/mol. The van der Waals surface area contributed by atoms with Crippen LogP contribution < -0.4 is 5.32 Å². The smallest absolute Gasteiger partial charge is 0.407 e. The van der Waals surface area contributed by atoms with E-state index >= 15 is 0 Å². The Morgan fingerprint density at radius 3 is 2.39 bits per heavy atom. The number of pyridine rings is 1. The molecule has 33 heavy (non-hydrogen) atoms. The molecule has 0 spiro atoms. The van der Waals surface area contributed by atoms with Gasteiger partial charge in [0.2, 0.25) is 0 Å². The highest BCUT2D eigenvalue weighted by Crippen LogP contribution is 2.33. The van der Waals surface area contributed by atoms with Crippen LogP contribution in [0.5, 0.6) is 0 Å². The molecular weight excluding hydrogens is 432 g/mol. The van der Waals surface area contributed by atoms with E-state index in [-0.39, 0.29) is 0 Å². The van der Waals surface area contributed by atoms with Gasteiger partial charge in [0.15, 0.2) is 10.8 Å². The van der Waals surface area contributed by atoms with Gasteiger partial charge in [-0.3, -0.25) is 0 Å². The quantitative estimate of drug-likeness (QED) is 0.287. The van der Waals surface area contributed by atoms with Gasteiger partial charge < -0.3 is 10.1 Å². The highest BCUT2D eigenvalue weighted by molar-refractivity contribution is 7.98. The summed E-state index contributed by atoms with van der Waals surface area (Å²) in [7, 11) is 0. The summed E-state index contributed by atoms with van der Waals surface area (Å²) in [6.45, 7) is 5.91. The number of rotatable bonds is 5. The van der Waals surface area contributed by atoms with Crippen molar-refractivity contribution in [1.29, 1.82) is 0 Å². The second-order valence-electron chi connectivity index (χ2n) is 8.57. The third-order valence-corrected chi connectivity index (χ3v) is 5.44. The predicted octanol–water partition coefficient (Wildman–Crippen LogP) is 6.11. The van der Waals surface area contributed by atoms with E-state index in [1.807, 2.05) is 75.7 Å². The standard InChI is InChI=1S/C26H26N4O2S/c1-26(2,3)32-25(31)28-15-17-10-12-19(13-11-17)22-21(18-8-6-5-7-9-18)14-20-16-27-24(33-4)30-23(20)29-22/h5-14,16H,15H2,1-4H3,(H,28,31). The van der Waals surface area contributed by atoms with Gasteiger partial charge in [-0.05, 0) is 44.2 Å². The van der Waals surface area contributed by atoms with Crippen molar-refractivity contribution in [2.45, 2.75) is 38.1 Å². The van der Waals surface area contributed by atoms with E-state index in [0.29, 0.717) is 17.3 Å². The molecule has 0 unspecified atom stereocenters. The van der Waals surface area contributed by atoms with Crippen molar-refractivity contribution in [2.24, 2.45) is 0 Å². The Labute approximate surface area is 197 Å². The Morgan fingerprint density at radius 2 is 1.73 bits per heavy atom. The van der Waals surface area contributed by atoms with E-state index in [0.717, 1.165) is 33.3 Å². The summed E-state index contributed by atoms with van der Waals surface area (Å²) in [6.07, 6.45) is 3.34. The second kappa shape index (κ2) is 9.58. The SMILES string of the molecule is CSc1ncc2cc(-c3ccccc3)c(-c3ccc(CNC(=O)OC(C)(C)C)cc3)nc2n1. The number of benzene rings is 2. The molecule has 4 aromatic rings. The maximum atomic E-state index is 11.9. The van der Waals surface area contributed by atoms with E-state index < -0.39 is 11.7 Å². The first-order chi connectivity index (χ1) is 15.8. The number of hydrogen-bond acceptors (Lipinski definition) is 6. The maximum Gasteiger partial charge on any atom is 0.407 e. The van der Waals surface area contributed by atoms with Crippen molar-refractivity contribution in [3.63, 3.8) is 0 Å². The molecule has 4 rings (SSSR count). The van der Waals surface area contributed by atoms with Crippen LogP contribution in [0.4, 0.5) is 4.79 Å². The van der Waals surface area contributed by atoms with Crippen molar-refractivity contribution < 1.29 is 9.53 Å². The van der Waals surface area contributed by atoms with Crippen molar-refractivity contribution in [3.8, 4) is 22.4 Å². The van der Waals surface area contributed by atoms with Crippen molar-refractivity contribution >= 4 is 28.9 Å². The summed E-state index contributed by atoms with van der Waals surface area (Å²) in [4.78, 5) is 25.8. The molecule has 0 aliphatic heterocycles. The predicted molar refractivity (Wildman–Crippen MR) is 133 cm³/mol. The Balaban J connectivity index is 1.67. The Hall–Kier alpha value is -3.45. The molecule has 1 amide bonds. The van der Waals surface area contributed by atoms with Crippen LogP contribution >= 0.6 is 11.8 Å². The monoisotopic (exact) mass is 458 g/mol. The molecule has 0 fully saturated rings. The number of nitrogens with zero attached hydrogens (tertiary/aromatic N) is 3. The van der Waals surface area contributed by atoms with Crippen LogP contribution in [0, 0.1) is 0 Å². The summed E-state index contributed by atoms with van der Waals surface area (Å²) in [5.41, 5.74) is 5.03. The molecule has 0 saturated carbocycles. The molecule has 2 aromatic heterocycles. The lowest BCUT2D eigenvalue weighted by molar-refractivity contribution is 0.0523. The molecule has 0 atom stereocenters. The van der Waals surface area contributed by atoms with Crippen LogP contribution in [0.2, 0.25) is 0 Å². The van der Waals surface area contributed by atoms with Gasteiger partial charge in [0.1, 0.15) is 5.60 Å². The van der Waals surface area contributed by atoms with Gasteiger partial charge in [0, 0.05) is 29.3 Å². The van der Waals surface area contributed by atoms with Gasteiger partial charge >= 0.3 is 6.09 Å². The van der Waals surface area contributed by atoms with E-state index in [9.17, 15) is 4.79 Å². The molecule has 6 nitrogen and oxygen atoms in total. The molecule has 2 heterocycles. The molecular formula is C26H26N4O2S. The van der Waals surface area contributed by atoms with Gasteiger partial charge in [-0.25, -0.2) is 19.7 Å². The highest BCUT2D eigenvalue weighted by atomic mass is 32.2. The van der Waals surface area contributed by atoms with Gasteiger partial charge in [-0.15, -0.1) is 0 Å². The number of hydrogen-bond donors (Lipinski definition) is 1. The molecule has 2 aromatic carbocycles. The number of ether oxygens (including phenoxy) is 1. The Morgan fingerprint density at radius 1 is 1.00 bits per heavy atom. The molecule has 7 heteroatoms. The van der Waals surface area contributed by atoms with Gasteiger partial charge in [-0.2, -0.15) is 0 Å². The van der Waals surface area contributed by atoms with E-state index in [1.54, 1.807) is 0 Å². The van der Waals surface area contributed by atoms with Crippen LogP contribution in [-0.4, -0.2) is 32.9 Å². The normalized spacial score (nSPS) is 11.4. The summed E-state index contributed by atoms with van der Waals surface area (Å²) in [6, 6.07) is 20.3. The van der Waals surface area contributed by atoms with Crippen LogP contribution in [0.25, 0.3) is 33.4 Å². The van der Waals surface area contributed by atoms with Crippen molar-refractivity contribution in [3.05, 3.63) is 72.4 Å². The third-order valence-electron chi connectivity index (χ3n) is 4.88. The molecule has 0 aliphatic carbocycles. The molecule has 1 N–H and O–H groups in total. The first-order valence-corrected chi connectivity index (χ1v) is 11.9. The maximum absolute atomic E-state index is 11.9. The molecule has 0 aliphatic rings. The van der Waals surface area contributed by atoms with Crippen LogP contribution in [-0.2, 0) is 11.3 Å². The topological polar surface area (TPSA) is 77.0 Å². The van der Waals surface area contributed by atoms with Gasteiger partial charge in [-0.1, -0.05) is 66.4 Å². The fourth-order valence-corrected chi connectivity index (χ4v) is 3.71. The number of carbonyl (C=O) groups excluding carboxylic acids is 1. The molecule has 0 saturated heterocycles. The zero-order valence-electron chi connectivity index (χ0n) is 19.1. The van der Waals surface area contributed by atoms with E-state index in [4.69, 9.17) is 9.72 Å². The summed E-state index contributed by atoms with van der Waals surface area (Å²) in [5, 5.41) is 4.38. The summed E-state index contributed by atoms with van der Waals surface area (Å²) < 4.78 is 5.30. The summed E-state index contributed by atoms with van der Waals surface area (Å²) in [5.74, 6) is 0. The van der Waals surface area contributed by atoms with E-state index in [2.05, 4.69) is 33.5 Å². The van der Waals surface area contributed by atoms with Crippen molar-refractivity contribution in [2.75, 3.05) is 6.26 Å². The Kier molecular flexibility index (Phi) is 6.60. The lowest BCUT2D eigenvalue weighted by Gasteiger charge is -2.19. The van der Waals surface area contributed by atoms with Crippen molar-refractivity contribution in [1.82, 2.24) is 20.3 Å². The first-order valence-electron chi connectivity index (χ1n) is 10.7. The molecule has 168 valence electrons. The van der Waals surface area contributed by atoms with Crippen LogP contribution in [0.15, 0.2) is 72.0 Å². The lowest BCUT2D eigenvalue weighted by Crippen LogP contribution is -2.32. The number of fused-ring (bicyclic) bond motifs is 1. The minimum Gasteiger partial charge on any atom is -0.444 e. The summed E-state index contributed by atoms with van der Waals surface area (Å²) >= 11 is 1.49. The van der Waals surface area contributed by atoms with E-state index in [1.165, 1.54) is 11.8 Å². The number of carbonyl (C=O) groups is 1. The van der Waals surface area contributed by atoms with Crippen LogP contribution in [0.1, 0.15) is 26.3 Å². The zero-order valence-corrected chi connectivity index (χ0v) is 19.9. The molecule has 0 bridgehead atoms. The minimum atomic E-state index is -0.525. The minimum absolute atomic E-state index is 0.385. The van der Waals surface area contributed by atoms with Gasteiger partial charge in [0.25, 0.3) is 0 Å². The largest absolute Gasteiger partial charge is 0.444 e. The number of aromatic nitrogens is 3. The second-order valence-corrected chi connectivity index (χ2v) is 9.35. The number of nitrogens with one attached hydrogen (secondary N) is 1. The average Bonchev–Trinajstić information content (AvgIpc) is 2.81.